The summed E-state index contributed by atoms with van der Waals surface area (Å²) in [5.74, 6) is -0.0663. The van der Waals surface area contributed by atoms with Gasteiger partial charge in [-0.1, -0.05) is 6.92 Å². The second kappa shape index (κ2) is 11.6. The number of methoxy groups -OCH3 is 1. The first-order valence-corrected chi connectivity index (χ1v) is 13.8. The van der Waals surface area contributed by atoms with Gasteiger partial charge in [0.2, 0.25) is 15.9 Å². The van der Waals surface area contributed by atoms with E-state index in [4.69, 9.17) is 14.2 Å². The fraction of sp³-hybridized carbons (Fsp3) is 0.667. The van der Waals surface area contributed by atoms with Crippen LogP contribution in [0, 0.1) is 11.8 Å². The number of nitrogens with zero attached hydrogens (tertiary/aromatic N) is 2. The van der Waals surface area contributed by atoms with E-state index in [0.717, 1.165) is 6.26 Å². The van der Waals surface area contributed by atoms with E-state index in [1.54, 1.807) is 25.1 Å². The second-order valence-electron chi connectivity index (χ2n) is 9.56. The maximum atomic E-state index is 13.5. The van der Waals surface area contributed by atoms with Crippen LogP contribution in [-0.2, 0) is 24.3 Å². The van der Waals surface area contributed by atoms with E-state index in [9.17, 15) is 18.0 Å². The lowest BCUT2D eigenvalue weighted by Gasteiger charge is -2.38. The van der Waals surface area contributed by atoms with Gasteiger partial charge in [-0.2, -0.15) is 0 Å². The predicted octanol–water partition coefficient (Wildman–Crippen LogP) is 1.82. The third-order valence-electron chi connectivity index (χ3n) is 6.60. The predicted molar refractivity (Wildman–Crippen MR) is 132 cm³/mol. The van der Waals surface area contributed by atoms with Crippen LogP contribution in [0.15, 0.2) is 18.2 Å². The molecule has 3 rings (SSSR count). The first-order valence-electron chi connectivity index (χ1n) is 11.9. The number of hydrogen-bond donors (Lipinski definition) is 1. The van der Waals surface area contributed by atoms with Gasteiger partial charge in [-0.05, 0) is 31.9 Å². The summed E-state index contributed by atoms with van der Waals surface area (Å²) in [7, 11) is -0.211. The monoisotopic (exact) mass is 511 g/mol. The number of likely N-dealkylation sites (N-methyl/N-ethyl adjacent to an activating group) is 1. The lowest BCUT2D eigenvalue weighted by Crippen LogP contribution is -2.50. The molecule has 0 saturated carbocycles. The molecule has 35 heavy (non-hydrogen) atoms. The van der Waals surface area contributed by atoms with Gasteiger partial charge in [0.05, 0.1) is 29.7 Å². The van der Waals surface area contributed by atoms with E-state index < -0.39 is 10.0 Å². The van der Waals surface area contributed by atoms with Crippen molar-refractivity contribution in [2.75, 3.05) is 58.0 Å². The van der Waals surface area contributed by atoms with E-state index in [1.165, 1.54) is 12.1 Å². The topological polar surface area (TPSA) is 114 Å². The van der Waals surface area contributed by atoms with Gasteiger partial charge in [-0.3, -0.25) is 14.3 Å². The molecule has 0 aliphatic carbocycles. The molecule has 196 valence electrons. The molecule has 2 heterocycles. The standard InChI is InChI=1S/C24H37N3O7S/c1-16-13-27(23(28)18-8-10-33-11-9-18)17(2)15-34-21-12-19(25-35(5,30)31)6-7-20(21)24(29)26(3)14-22(16)32-4/h6-7,12,16-18,22,25H,8-11,13-15H2,1-5H3/t16-,17-,22-/m1/s1. The molecule has 0 spiro atoms. The number of fused-ring (bicyclic) bond motifs is 1. The second-order valence-corrected chi connectivity index (χ2v) is 11.3. The first kappa shape index (κ1) is 27.2. The summed E-state index contributed by atoms with van der Waals surface area (Å²) < 4.78 is 43.1. The lowest BCUT2D eigenvalue weighted by atomic mass is 9.95. The quantitative estimate of drug-likeness (QED) is 0.656. The molecule has 1 saturated heterocycles. The van der Waals surface area contributed by atoms with Crippen molar-refractivity contribution in [1.29, 1.82) is 0 Å². The zero-order chi connectivity index (χ0) is 25.8. The zero-order valence-corrected chi connectivity index (χ0v) is 22.0. The molecule has 3 atom stereocenters. The molecule has 0 unspecified atom stereocenters. The van der Waals surface area contributed by atoms with E-state index >= 15 is 0 Å². The summed E-state index contributed by atoms with van der Waals surface area (Å²) in [4.78, 5) is 30.2. The largest absolute Gasteiger partial charge is 0.491 e. The van der Waals surface area contributed by atoms with Gasteiger partial charge in [-0.25, -0.2) is 8.42 Å². The van der Waals surface area contributed by atoms with E-state index in [-0.39, 0.29) is 48.2 Å². The van der Waals surface area contributed by atoms with Crippen LogP contribution in [0.1, 0.15) is 37.0 Å². The van der Waals surface area contributed by atoms with Crippen LogP contribution in [0.25, 0.3) is 0 Å². The molecule has 1 aromatic carbocycles. The number of nitrogens with one attached hydrogen (secondary N) is 1. The van der Waals surface area contributed by atoms with Gasteiger partial charge < -0.3 is 24.0 Å². The molecular weight excluding hydrogens is 474 g/mol. The van der Waals surface area contributed by atoms with Crippen LogP contribution in [0.5, 0.6) is 5.75 Å². The minimum atomic E-state index is -3.51. The molecule has 1 fully saturated rings. The molecule has 10 nitrogen and oxygen atoms in total. The minimum Gasteiger partial charge on any atom is -0.491 e. The highest BCUT2D eigenvalue weighted by Gasteiger charge is 2.33. The number of benzene rings is 1. The van der Waals surface area contributed by atoms with Crippen LogP contribution < -0.4 is 9.46 Å². The average molecular weight is 512 g/mol. The minimum absolute atomic E-state index is 0.0262. The number of sulfonamides is 1. The van der Waals surface area contributed by atoms with Gasteiger partial charge in [0, 0.05) is 58.4 Å². The Labute approximate surface area is 207 Å². The Morgan fingerprint density at radius 2 is 1.86 bits per heavy atom. The number of carbonyl (C=O) groups excluding carboxylic acids is 2. The molecule has 2 aliphatic heterocycles. The van der Waals surface area contributed by atoms with Crippen molar-refractivity contribution in [2.24, 2.45) is 11.8 Å². The third-order valence-corrected chi connectivity index (χ3v) is 7.21. The molecule has 0 radical (unpaired) electrons. The summed E-state index contributed by atoms with van der Waals surface area (Å²) in [6.07, 6.45) is 2.15. The normalized spacial score (nSPS) is 25.2. The third kappa shape index (κ3) is 7.08. The number of hydrogen-bond acceptors (Lipinski definition) is 7. The number of ether oxygens (including phenoxy) is 3. The van der Waals surface area contributed by atoms with Gasteiger partial charge in [-0.15, -0.1) is 0 Å². The Balaban J connectivity index is 1.96. The van der Waals surface area contributed by atoms with Crippen LogP contribution in [-0.4, -0.2) is 95.5 Å². The molecule has 2 amide bonds. The summed E-state index contributed by atoms with van der Waals surface area (Å²) in [5.41, 5.74) is 0.601. The van der Waals surface area contributed by atoms with Crippen molar-refractivity contribution in [3.8, 4) is 5.75 Å². The van der Waals surface area contributed by atoms with Gasteiger partial charge >= 0.3 is 0 Å². The van der Waals surface area contributed by atoms with Crippen molar-refractivity contribution < 1.29 is 32.2 Å². The van der Waals surface area contributed by atoms with Crippen molar-refractivity contribution in [3.63, 3.8) is 0 Å². The molecular formula is C24H37N3O7S. The van der Waals surface area contributed by atoms with Gasteiger partial charge in [0.15, 0.2) is 0 Å². The van der Waals surface area contributed by atoms with E-state index in [2.05, 4.69) is 4.72 Å². The Kier molecular flexibility index (Phi) is 9.00. The molecule has 1 N–H and O–H groups in total. The fourth-order valence-electron chi connectivity index (χ4n) is 4.54. The summed E-state index contributed by atoms with van der Waals surface area (Å²) in [6, 6.07) is 4.30. The number of rotatable bonds is 4. The number of anilines is 1. The van der Waals surface area contributed by atoms with E-state index in [0.29, 0.717) is 50.4 Å². The smallest absolute Gasteiger partial charge is 0.257 e. The van der Waals surface area contributed by atoms with Crippen molar-refractivity contribution >= 4 is 27.5 Å². The molecule has 11 heteroatoms. The summed E-state index contributed by atoms with van der Waals surface area (Å²) in [5, 5.41) is 0. The van der Waals surface area contributed by atoms with Crippen LogP contribution >= 0.6 is 0 Å². The first-order chi connectivity index (χ1) is 16.5. The summed E-state index contributed by atoms with van der Waals surface area (Å²) >= 11 is 0. The van der Waals surface area contributed by atoms with E-state index in [1.807, 2.05) is 18.7 Å². The number of amides is 2. The molecule has 1 aromatic rings. The zero-order valence-electron chi connectivity index (χ0n) is 21.2. The Morgan fingerprint density at radius 1 is 1.17 bits per heavy atom. The van der Waals surface area contributed by atoms with Crippen molar-refractivity contribution in [1.82, 2.24) is 9.80 Å². The number of carbonyl (C=O) groups is 2. The lowest BCUT2D eigenvalue weighted by molar-refractivity contribution is -0.142. The molecule has 2 aliphatic rings. The highest BCUT2D eigenvalue weighted by atomic mass is 32.2. The molecule has 0 bridgehead atoms. The van der Waals surface area contributed by atoms with Crippen LogP contribution in [0.4, 0.5) is 5.69 Å². The van der Waals surface area contributed by atoms with Gasteiger partial charge in [0.1, 0.15) is 12.4 Å². The van der Waals surface area contributed by atoms with Crippen molar-refractivity contribution in [3.05, 3.63) is 23.8 Å². The Morgan fingerprint density at radius 3 is 2.49 bits per heavy atom. The average Bonchev–Trinajstić information content (AvgIpc) is 2.82. The van der Waals surface area contributed by atoms with Crippen LogP contribution in [0.2, 0.25) is 0 Å². The maximum Gasteiger partial charge on any atom is 0.257 e. The van der Waals surface area contributed by atoms with Crippen LogP contribution in [0.3, 0.4) is 0 Å². The summed E-state index contributed by atoms with van der Waals surface area (Å²) in [6.45, 7) is 6.02. The van der Waals surface area contributed by atoms with Crippen molar-refractivity contribution in [2.45, 2.75) is 38.8 Å². The Bertz CT molecular complexity index is 1010. The SMILES string of the molecule is CO[C@@H]1CN(C)C(=O)c2ccc(NS(C)(=O)=O)cc2OC[C@@H](C)N(C(=O)C2CCOCC2)C[C@H]1C. The molecule has 0 aromatic heterocycles. The highest BCUT2D eigenvalue weighted by molar-refractivity contribution is 7.92. The highest BCUT2D eigenvalue weighted by Crippen LogP contribution is 2.28. The Hall–Kier alpha value is -2.37. The maximum absolute atomic E-state index is 13.5. The fourth-order valence-corrected chi connectivity index (χ4v) is 5.09. The van der Waals surface area contributed by atoms with Gasteiger partial charge in [0.25, 0.3) is 5.91 Å².